The van der Waals surface area contributed by atoms with Crippen LogP contribution in [0.15, 0.2) is 54.6 Å². The van der Waals surface area contributed by atoms with E-state index in [4.69, 9.17) is 9.47 Å². The Morgan fingerprint density at radius 3 is 2.20 bits per heavy atom. The van der Waals surface area contributed by atoms with Gasteiger partial charge in [0.1, 0.15) is 29.9 Å². The first kappa shape index (κ1) is 41.9. The first-order valence-electron chi connectivity index (χ1n) is 20.6. The average Bonchev–Trinajstić information content (AvgIpc) is 3.20. The molecule has 3 aromatic carbocycles. The van der Waals surface area contributed by atoms with Gasteiger partial charge >= 0.3 is 0 Å². The van der Waals surface area contributed by atoms with Crippen molar-refractivity contribution in [3.05, 3.63) is 88.2 Å². The third-order valence-electron chi connectivity index (χ3n) is 12.7. The predicted molar refractivity (Wildman–Crippen MR) is 222 cm³/mol. The number of benzene rings is 3. The van der Waals surface area contributed by atoms with Crippen molar-refractivity contribution in [2.75, 3.05) is 62.2 Å². The second-order valence-corrected chi connectivity index (χ2v) is 17.7. The molecule has 0 radical (unpaired) electrons. The van der Waals surface area contributed by atoms with Gasteiger partial charge in [-0.25, -0.2) is 4.39 Å². The van der Waals surface area contributed by atoms with Gasteiger partial charge < -0.3 is 40.3 Å². The number of hydrogen-bond acceptors (Lipinski definition) is 10. The normalized spacial score (nSPS) is 25.3. The van der Waals surface area contributed by atoms with Crippen molar-refractivity contribution in [1.29, 1.82) is 5.26 Å². The van der Waals surface area contributed by atoms with Gasteiger partial charge in [0.25, 0.3) is 11.8 Å². The molecule has 1 aliphatic carbocycles. The molecule has 0 bridgehead atoms. The van der Waals surface area contributed by atoms with E-state index in [-0.39, 0.29) is 47.0 Å². The van der Waals surface area contributed by atoms with Gasteiger partial charge in [-0.05, 0) is 92.4 Å². The van der Waals surface area contributed by atoms with E-state index in [1.807, 2.05) is 50.2 Å². The minimum absolute atomic E-state index is 0.00150. The summed E-state index contributed by atoms with van der Waals surface area (Å²) < 4.78 is 27.9. The molecule has 14 heteroatoms. The minimum Gasteiger partial charge on any atom is -0.489 e. The fourth-order valence-corrected chi connectivity index (χ4v) is 9.73. The van der Waals surface area contributed by atoms with Gasteiger partial charge in [-0.15, -0.1) is 0 Å². The van der Waals surface area contributed by atoms with Crippen LogP contribution in [0.2, 0.25) is 0 Å². The quantitative estimate of drug-likeness (QED) is 0.233. The summed E-state index contributed by atoms with van der Waals surface area (Å²) in [6, 6.07) is 17.5. The Morgan fingerprint density at radius 2 is 1.58 bits per heavy atom. The molecule has 0 aromatic heterocycles. The second kappa shape index (κ2) is 16.8. The lowest BCUT2D eigenvalue weighted by Crippen LogP contribution is -2.74. The topological polar surface area (TPSA) is 160 Å². The summed E-state index contributed by atoms with van der Waals surface area (Å²) in [4.78, 5) is 45.2. The molecule has 7 rings (SSSR count). The van der Waals surface area contributed by atoms with Crippen LogP contribution in [0.5, 0.6) is 5.75 Å². The molecule has 3 saturated heterocycles. The summed E-state index contributed by atoms with van der Waals surface area (Å²) >= 11 is 0. The zero-order valence-corrected chi connectivity index (χ0v) is 34.8. The first-order valence-corrected chi connectivity index (χ1v) is 20.6. The number of hydrogen-bond donors (Lipinski definition) is 4. The number of piperidine rings is 1. The highest BCUT2D eigenvalue weighted by Gasteiger charge is 2.64. The highest BCUT2D eigenvalue weighted by atomic mass is 19.1. The number of carbonyl (C=O) groups excluding carboxylic acids is 3. The van der Waals surface area contributed by atoms with Crippen molar-refractivity contribution < 1.29 is 33.4 Å². The van der Waals surface area contributed by atoms with Gasteiger partial charge in [0.2, 0.25) is 5.91 Å². The first-order chi connectivity index (χ1) is 28.0. The number of aliphatic hydroxyl groups is 1. The molecule has 4 aliphatic rings. The SMILES string of the molecule is Cc1cc(OC2C(C)(C)C(NC(=O)c3ccc(N4CCO[C@H](CN5CCN(c6ccc(C(=O)N[C@@H]7CCC(O)NC7=O)c(F)c6)CC5)C4)cc3)C2(C)C)cc(C)c1C#N. The van der Waals surface area contributed by atoms with Crippen LogP contribution < -0.4 is 30.5 Å². The molecule has 4 fully saturated rings. The molecule has 3 aromatic rings. The van der Waals surface area contributed by atoms with Gasteiger partial charge in [0.15, 0.2) is 0 Å². The number of amides is 3. The van der Waals surface area contributed by atoms with Crippen LogP contribution in [0, 0.1) is 41.8 Å². The maximum Gasteiger partial charge on any atom is 0.254 e. The number of halogens is 1. The van der Waals surface area contributed by atoms with Gasteiger partial charge in [0, 0.05) is 79.6 Å². The molecule has 3 heterocycles. The van der Waals surface area contributed by atoms with Crippen LogP contribution in [-0.2, 0) is 9.53 Å². The van der Waals surface area contributed by atoms with Crippen LogP contribution in [-0.4, -0.2) is 111 Å². The molecular weight excluding hydrogens is 754 g/mol. The maximum absolute atomic E-state index is 15.1. The summed E-state index contributed by atoms with van der Waals surface area (Å²) in [6.07, 6.45) is -0.490. The summed E-state index contributed by atoms with van der Waals surface area (Å²) in [5.41, 5.74) is 3.96. The highest BCUT2D eigenvalue weighted by molar-refractivity contribution is 5.98. The van der Waals surface area contributed by atoms with Crippen LogP contribution in [0.4, 0.5) is 15.8 Å². The van der Waals surface area contributed by atoms with Crippen LogP contribution in [0.3, 0.4) is 0 Å². The molecule has 13 nitrogen and oxygen atoms in total. The van der Waals surface area contributed by atoms with Crippen molar-refractivity contribution in [3.8, 4) is 11.8 Å². The predicted octanol–water partition coefficient (Wildman–Crippen LogP) is 4.28. The molecule has 314 valence electrons. The number of nitrogens with one attached hydrogen (secondary N) is 3. The largest absolute Gasteiger partial charge is 0.489 e. The summed E-state index contributed by atoms with van der Waals surface area (Å²) in [6.45, 7) is 18.1. The van der Waals surface area contributed by atoms with Crippen LogP contribution in [0.25, 0.3) is 0 Å². The number of nitrogens with zero attached hydrogens (tertiary/aromatic N) is 4. The van der Waals surface area contributed by atoms with E-state index >= 15 is 4.39 Å². The van der Waals surface area contributed by atoms with Gasteiger partial charge in [0.05, 0.1) is 29.9 Å². The van der Waals surface area contributed by atoms with Gasteiger partial charge in [-0.3, -0.25) is 19.3 Å². The van der Waals surface area contributed by atoms with E-state index in [0.29, 0.717) is 49.5 Å². The number of piperazine rings is 1. The number of morpholine rings is 1. The fourth-order valence-electron chi connectivity index (χ4n) is 9.73. The zero-order chi connectivity index (χ0) is 42.2. The molecule has 4 N–H and O–H groups in total. The molecular formula is C45H56FN7O6. The van der Waals surface area contributed by atoms with Crippen molar-refractivity contribution in [2.45, 2.75) is 84.9 Å². The third kappa shape index (κ3) is 8.74. The van der Waals surface area contributed by atoms with Crippen molar-refractivity contribution in [1.82, 2.24) is 20.9 Å². The van der Waals surface area contributed by atoms with Crippen molar-refractivity contribution in [3.63, 3.8) is 0 Å². The molecule has 0 spiro atoms. The number of rotatable bonds is 10. The third-order valence-corrected chi connectivity index (χ3v) is 12.7. The number of aliphatic hydroxyl groups excluding tert-OH is 1. The number of carbonyl (C=O) groups is 3. The zero-order valence-electron chi connectivity index (χ0n) is 34.8. The molecule has 3 amide bonds. The Labute approximate surface area is 345 Å². The summed E-state index contributed by atoms with van der Waals surface area (Å²) in [5, 5.41) is 27.3. The molecule has 3 aliphatic heterocycles. The van der Waals surface area contributed by atoms with E-state index in [1.165, 1.54) is 12.1 Å². The minimum atomic E-state index is -0.933. The Kier molecular flexibility index (Phi) is 11.9. The second-order valence-electron chi connectivity index (χ2n) is 17.7. The maximum atomic E-state index is 15.1. The summed E-state index contributed by atoms with van der Waals surface area (Å²) in [5.74, 6) is -1.19. The number of anilines is 2. The molecule has 1 unspecified atom stereocenters. The molecule has 59 heavy (non-hydrogen) atoms. The van der Waals surface area contributed by atoms with Gasteiger partial charge in [-0.2, -0.15) is 5.26 Å². The lowest BCUT2D eigenvalue weighted by atomic mass is 9.49. The Balaban J connectivity index is 0.878. The highest BCUT2D eigenvalue weighted by Crippen LogP contribution is 2.55. The number of ether oxygens (including phenoxy) is 2. The lowest BCUT2D eigenvalue weighted by molar-refractivity contribution is -0.164. The van der Waals surface area contributed by atoms with E-state index < -0.39 is 29.9 Å². The van der Waals surface area contributed by atoms with E-state index in [2.05, 4.69) is 64.4 Å². The van der Waals surface area contributed by atoms with Gasteiger partial charge in [-0.1, -0.05) is 27.7 Å². The molecule has 3 atom stereocenters. The standard InChI is InChI=1S/C45H56FN7O6/c1-27-21-32(22-28(2)35(27)24-47)59-43-44(3,4)42(45(43,5)6)50-39(55)29-7-9-30(10-8-29)53-19-20-58-33(26-53)25-51-15-17-52(18-16-51)31-11-12-34(36(46)23-31)40(56)48-37-13-14-38(54)49-41(37)57/h7-12,21-23,33,37-38,42-43,54H,13-20,25-26H2,1-6H3,(H,48,56)(H,49,57)(H,50,55)/t33-,37-,38?,42?,43?/m1/s1. The monoisotopic (exact) mass is 809 g/mol. The van der Waals surface area contributed by atoms with E-state index in [9.17, 15) is 24.8 Å². The van der Waals surface area contributed by atoms with E-state index in [1.54, 1.807) is 6.07 Å². The lowest BCUT2D eigenvalue weighted by Gasteiger charge is -2.63. The van der Waals surface area contributed by atoms with Crippen molar-refractivity contribution >= 4 is 29.1 Å². The van der Waals surface area contributed by atoms with E-state index in [0.717, 1.165) is 48.7 Å². The van der Waals surface area contributed by atoms with Crippen LogP contribution >= 0.6 is 0 Å². The average molecular weight is 810 g/mol. The smallest absolute Gasteiger partial charge is 0.254 e. The Hall–Kier alpha value is -5.23. The number of aryl methyl sites for hydroxylation is 2. The Bertz CT molecular complexity index is 2070. The van der Waals surface area contributed by atoms with Crippen LogP contribution in [0.1, 0.15) is 77.9 Å². The number of nitriles is 1. The summed E-state index contributed by atoms with van der Waals surface area (Å²) in [7, 11) is 0. The van der Waals surface area contributed by atoms with Crippen molar-refractivity contribution in [2.24, 2.45) is 10.8 Å². The molecule has 1 saturated carbocycles. The Morgan fingerprint density at radius 1 is 0.915 bits per heavy atom. The fraction of sp³-hybridized carbons (Fsp3) is 0.511.